The van der Waals surface area contributed by atoms with Crippen LogP contribution < -0.4 is 15.5 Å². The molecule has 0 bridgehead atoms. The standard InChI is InChI=1S/C52H74N12O6/c1-31(2)45(57-50(67)60-18-22-69-23-19-60)48(65)62-14-6-8-34(62)26-42-53-30-37(55-42)35-10-11-38(44-41-28-52(5)27-40(43(35)44)64(41)52)59-16-12-33(13-17-59)36-29-54-47(56-36)39-9-7-15-63(39)49(66)46(32(3)4)58-51(68)61-20-24-70-25-21-61/h10-11,29-34,39-41,45-46H,6-9,12-28H2,1-5H3,(H,53,55)(H,54,56)(H,57,67)(H,58,68). The number of anilines is 1. The van der Waals surface area contributed by atoms with Crippen LogP contribution in [0.2, 0.25) is 0 Å². The number of likely N-dealkylation sites (tertiary alicyclic amines) is 2. The average molecular weight is 963 g/mol. The van der Waals surface area contributed by atoms with E-state index >= 15 is 0 Å². The highest BCUT2D eigenvalue weighted by Gasteiger charge is 2.66. The van der Waals surface area contributed by atoms with Crippen molar-refractivity contribution < 1.29 is 28.7 Å². The number of hydrogen-bond donors (Lipinski definition) is 4. The van der Waals surface area contributed by atoms with E-state index < -0.39 is 12.1 Å². The van der Waals surface area contributed by atoms with E-state index in [0.29, 0.717) is 90.1 Å². The van der Waals surface area contributed by atoms with Gasteiger partial charge in [-0.05, 0) is 87.3 Å². The predicted molar refractivity (Wildman–Crippen MR) is 263 cm³/mol. The number of nitrogens with one attached hydrogen (secondary N) is 4. The first-order valence-corrected chi connectivity index (χ1v) is 26.5. The van der Waals surface area contributed by atoms with Crippen molar-refractivity contribution in [1.29, 1.82) is 0 Å². The number of imidazole rings is 2. The third-order valence-corrected chi connectivity index (χ3v) is 17.3. The molecule has 378 valence electrons. The molecule has 0 aliphatic carbocycles. The first kappa shape index (κ1) is 47.1. The summed E-state index contributed by atoms with van der Waals surface area (Å²) in [5, 5.41) is 6.13. The Hall–Kier alpha value is -5.20. The molecule has 4 N–H and O–H groups in total. The summed E-state index contributed by atoms with van der Waals surface area (Å²) in [5.41, 5.74) is 8.01. The molecule has 18 heteroatoms. The maximum atomic E-state index is 14.1. The van der Waals surface area contributed by atoms with E-state index in [0.717, 1.165) is 74.7 Å². The number of ether oxygens (including phenoxy) is 2. The molecule has 8 aliphatic heterocycles. The molecule has 7 atom stereocenters. The van der Waals surface area contributed by atoms with Crippen molar-refractivity contribution in [3.63, 3.8) is 0 Å². The Morgan fingerprint density at radius 1 is 0.700 bits per heavy atom. The number of hydrogen-bond acceptors (Lipinski definition) is 10. The number of carbonyl (C=O) groups is 4. The zero-order chi connectivity index (χ0) is 48.4. The van der Waals surface area contributed by atoms with Gasteiger partial charge in [0, 0.05) is 112 Å². The normalized spacial score (nSPS) is 27.6. The lowest BCUT2D eigenvalue weighted by Gasteiger charge is -2.65. The molecule has 70 heavy (non-hydrogen) atoms. The molecule has 6 amide bonds. The molecular formula is C52H74N12O6. The van der Waals surface area contributed by atoms with E-state index in [1.165, 1.54) is 35.2 Å². The molecule has 7 fully saturated rings. The van der Waals surface area contributed by atoms with Crippen LogP contribution in [0, 0.1) is 11.8 Å². The molecule has 0 spiro atoms. The number of rotatable bonds is 12. The topological polar surface area (TPSA) is 188 Å². The molecule has 18 nitrogen and oxygen atoms in total. The summed E-state index contributed by atoms with van der Waals surface area (Å²) < 4.78 is 10.9. The molecule has 0 radical (unpaired) electrons. The van der Waals surface area contributed by atoms with Crippen molar-refractivity contribution in [3.05, 3.63) is 53.0 Å². The van der Waals surface area contributed by atoms with E-state index in [2.05, 4.69) is 49.5 Å². The summed E-state index contributed by atoms with van der Waals surface area (Å²) in [5.74, 6) is 1.93. The monoisotopic (exact) mass is 963 g/mol. The lowest BCUT2D eigenvalue weighted by atomic mass is 9.68. The minimum absolute atomic E-state index is 0.0109. The van der Waals surface area contributed by atoms with E-state index in [-0.39, 0.29) is 53.3 Å². The minimum atomic E-state index is -0.609. The van der Waals surface area contributed by atoms with Crippen LogP contribution in [0.5, 0.6) is 0 Å². The van der Waals surface area contributed by atoms with Crippen LogP contribution in [-0.2, 0) is 25.5 Å². The number of carbonyl (C=O) groups excluding carboxylic acids is 4. The number of benzene rings is 1. The van der Waals surface area contributed by atoms with Gasteiger partial charge in [-0.1, -0.05) is 33.8 Å². The molecule has 8 aliphatic rings. The maximum absolute atomic E-state index is 14.1. The van der Waals surface area contributed by atoms with Crippen LogP contribution in [0.25, 0.3) is 11.3 Å². The Morgan fingerprint density at radius 2 is 1.30 bits per heavy atom. The Labute approximate surface area is 411 Å². The largest absolute Gasteiger partial charge is 0.378 e. The van der Waals surface area contributed by atoms with Gasteiger partial charge in [-0.2, -0.15) is 0 Å². The number of H-pyrrole nitrogens is 2. The Kier molecular flexibility index (Phi) is 12.9. The zero-order valence-electron chi connectivity index (χ0n) is 41.9. The molecule has 11 rings (SSSR count). The average Bonchev–Trinajstić information content (AvgIpc) is 4.23. The first-order chi connectivity index (χ1) is 33.9. The fourth-order valence-electron chi connectivity index (χ4n) is 13.4. The van der Waals surface area contributed by atoms with Gasteiger partial charge in [0.1, 0.15) is 23.7 Å². The fourth-order valence-corrected chi connectivity index (χ4v) is 13.4. The molecule has 1 aromatic carbocycles. The second kappa shape index (κ2) is 19.1. The van der Waals surface area contributed by atoms with E-state index in [1.54, 1.807) is 9.80 Å². The quantitative estimate of drug-likeness (QED) is 0.181. The lowest BCUT2D eigenvalue weighted by Crippen LogP contribution is -2.66. The molecular weight excluding hydrogens is 889 g/mol. The summed E-state index contributed by atoms with van der Waals surface area (Å²) in [6.45, 7) is 17.8. The second-order valence-corrected chi connectivity index (χ2v) is 22.3. The highest BCUT2D eigenvalue weighted by atomic mass is 16.5. The van der Waals surface area contributed by atoms with Crippen LogP contribution in [-0.4, -0.2) is 171 Å². The minimum Gasteiger partial charge on any atom is -0.378 e. The number of piperidine rings is 2. The van der Waals surface area contributed by atoms with Gasteiger partial charge in [-0.3, -0.25) is 14.5 Å². The van der Waals surface area contributed by atoms with Gasteiger partial charge < -0.3 is 54.6 Å². The van der Waals surface area contributed by atoms with E-state index in [1.807, 2.05) is 49.9 Å². The van der Waals surface area contributed by atoms with Gasteiger partial charge in [0.05, 0.1) is 44.4 Å². The molecule has 0 saturated carbocycles. The van der Waals surface area contributed by atoms with Gasteiger partial charge in [0.25, 0.3) is 0 Å². The highest BCUT2D eigenvalue weighted by Crippen LogP contribution is 2.71. The highest BCUT2D eigenvalue weighted by molar-refractivity contribution is 5.89. The summed E-state index contributed by atoms with van der Waals surface area (Å²) >= 11 is 0. The smallest absolute Gasteiger partial charge is 0.318 e. The summed E-state index contributed by atoms with van der Waals surface area (Å²) in [6, 6.07) is 3.79. The van der Waals surface area contributed by atoms with Crippen molar-refractivity contribution in [1.82, 2.24) is 55.1 Å². The number of urea groups is 2. The number of amides is 6. The first-order valence-electron chi connectivity index (χ1n) is 26.5. The second-order valence-electron chi connectivity index (χ2n) is 22.3. The van der Waals surface area contributed by atoms with Crippen molar-refractivity contribution in [2.75, 3.05) is 83.7 Å². The lowest BCUT2D eigenvalue weighted by molar-refractivity contribution is -0.177. The van der Waals surface area contributed by atoms with E-state index in [9.17, 15) is 19.2 Å². The van der Waals surface area contributed by atoms with Crippen LogP contribution in [0.4, 0.5) is 15.3 Å². The summed E-state index contributed by atoms with van der Waals surface area (Å²) in [4.78, 5) is 84.6. The zero-order valence-corrected chi connectivity index (χ0v) is 41.9. The predicted octanol–water partition coefficient (Wildman–Crippen LogP) is 5.48. The fraction of sp³-hybridized carbons (Fsp3) is 0.692. The van der Waals surface area contributed by atoms with Crippen molar-refractivity contribution in [3.8, 4) is 11.3 Å². The Bertz CT molecular complexity index is 2430. The number of fused-ring (bicyclic) bond motifs is 3. The summed E-state index contributed by atoms with van der Waals surface area (Å²) in [7, 11) is 0. The van der Waals surface area contributed by atoms with Crippen LogP contribution in [0.1, 0.15) is 138 Å². The van der Waals surface area contributed by atoms with Gasteiger partial charge in [-0.25, -0.2) is 19.6 Å². The number of aromatic nitrogens is 4. The molecule has 10 heterocycles. The van der Waals surface area contributed by atoms with Crippen LogP contribution in [0.15, 0.2) is 24.5 Å². The van der Waals surface area contributed by atoms with Gasteiger partial charge in [0.15, 0.2) is 0 Å². The van der Waals surface area contributed by atoms with Gasteiger partial charge in [0.2, 0.25) is 11.8 Å². The SMILES string of the molecule is CC(C)C(NC(=O)N1CCOCC1)C(=O)N1CCCC1Cc1ncc(-c2ccc(N3CCC(c4cnc(C5CCCN5C(=O)C(NC(=O)N5CCOCC5)C(C)C)[nH]4)CC3)c3c2C2CC4(C)CC3N24)[nH]1. The van der Waals surface area contributed by atoms with Crippen molar-refractivity contribution >= 4 is 29.6 Å². The molecule has 7 unspecified atom stereocenters. The van der Waals surface area contributed by atoms with Crippen molar-refractivity contribution in [2.24, 2.45) is 11.8 Å². The maximum Gasteiger partial charge on any atom is 0.318 e. The molecule has 7 saturated heterocycles. The van der Waals surface area contributed by atoms with Crippen LogP contribution in [0.3, 0.4) is 0 Å². The number of aromatic amines is 2. The summed E-state index contributed by atoms with van der Waals surface area (Å²) in [6.07, 6.45) is 12.6. The third-order valence-electron chi connectivity index (χ3n) is 17.3. The molecule has 3 aromatic rings. The van der Waals surface area contributed by atoms with Gasteiger partial charge >= 0.3 is 12.1 Å². The Balaban J connectivity index is 0.751. The number of morpholine rings is 2. The van der Waals surface area contributed by atoms with Gasteiger partial charge in [-0.15, -0.1) is 0 Å². The number of nitrogens with zero attached hydrogens (tertiary/aromatic N) is 8. The van der Waals surface area contributed by atoms with Crippen LogP contribution >= 0.6 is 0 Å². The van der Waals surface area contributed by atoms with E-state index in [4.69, 9.17) is 19.4 Å². The van der Waals surface area contributed by atoms with Crippen molar-refractivity contribution in [2.45, 2.75) is 140 Å². The Morgan fingerprint density at radius 3 is 1.93 bits per heavy atom. The third kappa shape index (κ3) is 8.52. The molecule has 2 aromatic heterocycles.